The van der Waals surface area contributed by atoms with Crippen molar-refractivity contribution in [2.75, 3.05) is 19.6 Å². The van der Waals surface area contributed by atoms with Crippen molar-refractivity contribution in [3.05, 3.63) is 100 Å². The number of benzene rings is 3. The molecule has 1 unspecified atom stereocenters. The van der Waals surface area contributed by atoms with Crippen molar-refractivity contribution < 1.29 is 8.42 Å². The minimum Gasteiger partial charge on any atom is -0.354 e. The van der Waals surface area contributed by atoms with Crippen LogP contribution in [0.2, 0.25) is 10.0 Å². The molecule has 0 spiro atoms. The molecule has 0 radical (unpaired) electrons. The molecule has 7 nitrogen and oxygen atoms in total. The van der Waals surface area contributed by atoms with Crippen molar-refractivity contribution in [3.8, 4) is 0 Å². The molecular weight excluding hydrogens is 529 g/mol. The average molecular weight is 555 g/mol. The Labute approximate surface area is 226 Å². The normalized spacial score (nSPS) is 18.3. The van der Waals surface area contributed by atoms with Gasteiger partial charge in [-0.1, -0.05) is 65.7 Å². The Kier molecular flexibility index (Phi) is 7.33. The first-order valence-electron chi connectivity index (χ1n) is 11.9. The SMILES string of the molecule is N=C(/C(=N\S(=O)(=O)c1ccc(Cl)cc1)N1CC(c2ccccc2)C(c2ccc(Cl)cc2)=N1)N1CCCC1. The highest BCUT2D eigenvalue weighted by Crippen LogP contribution is 2.30. The molecule has 1 saturated heterocycles. The van der Waals surface area contributed by atoms with E-state index in [9.17, 15) is 8.42 Å². The van der Waals surface area contributed by atoms with Crippen LogP contribution in [-0.2, 0) is 10.0 Å². The van der Waals surface area contributed by atoms with E-state index in [-0.39, 0.29) is 22.5 Å². The molecule has 2 aliphatic heterocycles. The molecule has 1 fully saturated rings. The van der Waals surface area contributed by atoms with Gasteiger partial charge in [0.25, 0.3) is 10.0 Å². The van der Waals surface area contributed by atoms with Crippen molar-refractivity contribution in [3.63, 3.8) is 0 Å². The Bertz CT molecular complexity index is 1450. The fourth-order valence-corrected chi connectivity index (χ4v) is 5.78. The Morgan fingerprint density at radius 3 is 2.11 bits per heavy atom. The highest BCUT2D eigenvalue weighted by molar-refractivity contribution is 7.90. The van der Waals surface area contributed by atoms with Gasteiger partial charge in [-0.15, -0.1) is 4.40 Å². The summed E-state index contributed by atoms with van der Waals surface area (Å²) in [6, 6.07) is 23.2. The zero-order valence-corrected chi connectivity index (χ0v) is 22.2. The van der Waals surface area contributed by atoms with E-state index < -0.39 is 10.0 Å². The molecule has 1 N–H and O–H groups in total. The molecule has 0 bridgehead atoms. The molecular formula is C27H25Cl2N5O2S. The molecule has 5 rings (SSSR count). The van der Waals surface area contributed by atoms with Crippen LogP contribution in [0.1, 0.15) is 29.9 Å². The minimum absolute atomic E-state index is 0.00162. The predicted molar refractivity (Wildman–Crippen MR) is 148 cm³/mol. The summed E-state index contributed by atoms with van der Waals surface area (Å²) in [5, 5.41) is 16.4. The topological polar surface area (TPSA) is 89.2 Å². The first kappa shape index (κ1) is 25.4. The van der Waals surface area contributed by atoms with Crippen LogP contribution in [0.15, 0.2) is 93.3 Å². The van der Waals surface area contributed by atoms with Crippen LogP contribution in [0.5, 0.6) is 0 Å². The summed E-state index contributed by atoms with van der Waals surface area (Å²) in [5.74, 6) is -0.109. The van der Waals surface area contributed by atoms with Crippen molar-refractivity contribution in [2.24, 2.45) is 9.50 Å². The molecule has 0 aromatic heterocycles. The van der Waals surface area contributed by atoms with Gasteiger partial charge in [0.05, 0.1) is 17.2 Å². The van der Waals surface area contributed by atoms with Crippen LogP contribution in [0.3, 0.4) is 0 Å². The van der Waals surface area contributed by atoms with Gasteiger partial charge >= 0.3 is 0 Å². The van der Waals surface area contributed by atoms with E-state index in [1.165, 1.54) is 24.3 Å². The molecule has 3 aromatic rings. The molecule has 0 saturated carbocycles. The van der Waals surface area contributed by atoms with E-state index >= 15 is 0 Å². The third-order valence-corrected chi connectivity index (χ3v) is 8.24. The lowest BCUT2D eigenvalue weighted by Gasteiger charge is -2.24. The number of rotatable bonds is 4. The van der Waals surface area contributed by atoms with Crippen molar-refractivity contribution in [1.29, 1.82) is 5.41 Å². The highest BCUT2D eigenvalue weighted by atomic mass is 35.5. The molecule has 190 valence electrons. The number of hydrazone groups is 1. The third kappa shape index (κ3) is 5.56. The lowest BCUT2D eigenvalue weighted by atomic mass is 9.91. The fourth-order valence-electron chi connectivity index (χ4n) is 4.53. The second-order valence-electron chi connectivity index (χ2n) is 8.92. The zero-order chi connectivity index (χ0) is 26.0. The van der Waals surface area contributed by atoms with Crippen LogP contribution >= 0.6 is 23.2 Å². The van der Waals surface area contributed by atoms with Gasteiger partial charge in [-0.25, -0.2) is 5.01 Å². The first-order valence-corrected chi connectivity index (χ1v) is 14.1. The molecule has 37 heavy (non-hydrogen) atoms. The van der Waals surface area contributed by atoms with Gasteiger partial charge in [0.2, 0.25) is 5.84 Å². The summed E-state index contributed by atoms with van der Waals surface area (Å²) >= 11 is 12.1. The lowest BCUT2D eigenvalue weighted by molar-refractivity contribution is 0.462. The van der Waals surface area contributed by atoms with Gasteiger partial charge in [-0.3, -0.25) is 5.41 Å². The van der Waals surface area contributed by atoms with Gasteiger partial charge in [-0.2, -0.15) is 13.5 Å². The molecule has 2 aliphatic rings. The molecule has 0 amide bonds. The highest BCUT2D eigenvalue weighted by Gasteiger charge is 2.35. The molecule has 0 aliphatic carbocycles. The van der Waals surface area contributed by atoms with Crippen LogP contribution in [0, 0.1) is 5.41 Å². The van der Waals surface area contributed by atoms with Gasteiger partial charge in [0.15, 0.2) is 5.84 Å². The van der Waals surface area contributed by atoms with Gasteiger partial charge in [0.1, 0.15) is 0 Å². The van der Waals surface area contributed by atoms with Crippen molar-refractivity contribution >= 4 is 50.6 Å². The number of halogens is 2. The average Bonchev–Trinajstić information content (AvgIpc) is 3.59. The maximum Gasteiger partial charge on any atom is 0.284 e. The second-order valence-corrected chi connectivity index (χ2v) is 11.4. The number of nitrogens with one attached hydrogen (secondary N) is 1. The predicted octanol–water partition coefficient (Wildman–Crippen LogP) is 5.66. The largest absolute Gasteiger partial charge is 0.354 e. The van der Waals surface area contributed by atoms with E-state index in [0.29, 0.717) is 29.7 Å². The van der Waals surface area contributed by atoms with Gasteiger partial charge < -0.3 is 4.90 Å². The second kappa shape index (κ2) is 10.7. The van der Waals surface area contributed by atoms with Crippen molar-refractivity contribution in [2.45, 2.75) is 23.7 Å². The number of hydrogen-bond acceptors (Lipinski definition) is 4. The van der Waals surface area contributed by atoms with E-state index in [1.807, 2.05) is 47.4 Å². The quantitative estimate of drug-likeness (QED) is 0.333. The summed E-state index contributed by atoms with van der Waals surface area (Å²) in [5.41, 5.74) is 2.66. The standard InChI is InChI=1S/C27H25Cl2N5O2S/c28-21-10-8-20(9-11-21)25-24(19-6-2-1-3-7-19)18-34(31-25)27(26(30)33-16-4-5-17-33)32-37(35,36)23-14-12-22(29)13-15-23/h1-3,6-15,24,30H,4-5,16-18H2/b30-26?,32-27+. The van der Waals surface area contributed by atoms with Crippen molar-refractivity contribution in [1.82, 2.24) is 9.91 Å². The number of amidine groups is 2. The van der Waals surface area contributed by atoms with Crippen LogP contribution in [-0.4, -0.2) is 55.3 Å². The number of nitrogens with zero attached hydrogens (tertiary/aromatic N) is 4. The van der Waals surface area contributed by atoms with E-state index in [4.69, 9.17) is 33.7 Å². The third-order valence-electron chi connectivity index (χ3n) is 6.45. The Balaban J connectivity index is 1.60. The Morgan fingerprint density at radius 1 is 0.892 bits per heavy atom. The minimum atomic E-state index is -4.12. The Hall–Kier alpha value is -3.20. The fraction of sp³-hybridized carbons (Fsp3) is 0.222. The first-order chi connectivity index (χ1) is 17.8. The number of sulfonamides is 1. The smallest absolute Gasteiger partial charge is 0.284 e. The van der Waals surface area contributed by atoms with Crippen LogP contribution in [0.4, 0.5) is 0 Å². The lowest BCUT2D eigenvalue weighted by Crippen LogP contribution is -2.42. The monoisotopic (exact) mass is 553 g/mol. The Morgan fingerprint density at radius 2 is 1.49 bits per heavy atom. The van der Waals surface area contributed by atoms with Crippen LogP contribution in [0.25, 0.3) is 0 Å². The summed E-state index contributed by atoms with van der Waals surface area (Å²) in [4.78, 5) is 1.85. The van der Waals surface area contributed by atoms with E-state index in [1.54, 1.807) is 17.1 Å². The maximum atomic E-state index is 13.3. The van der Waals surface area contributed by atoms with Crippen LogP contribution < -0.4 is 0 Å². The zero-order valence-electron chi connectivity index (χ0n) is 19.9. The van der Waals surface area contributed by atoms with Gasteiger partial charge in [-0.05, 0) is 60.4 Å². The molecule has 3 aromatic carbocycles. The summed E-state index contributed by atoms with van der Waals surface area (Å²) < 4.78 is 30.9. The van der Waals surface area contributed by atoms with E-state index in [2.05, 4.69) is 4.40 Å². The summed E-state index contributed by atoms with van der Waals surface area (Å²) in [6.45, 7) is 1.68. The number of likely N-dealkylation sites (tertiary alicyclic amines) is 1. The summed E-state index contributed by atoms with van der Waals surface area (Å²) in [7, 11) is -4.12. The van der Waals surface area contributed by atoms with E-state index in [0.717, 1.165) is 29.7 Å². The maximum absolute atomic E-state index is 13.3. The molecule has 2 heterocycles. The summed E-state index contributed by atoms with van der Waals surface area (Å²) in [6.07, 6.45) is 1.87. The number of hydrogen-bond donors (Lipinski definition) is 1. The molecule has 1 atom stereocenters. The molecule has 10 heteroatoms. The van der Waals surface area contributed by atoms with Gasteiger partial charge in [0, 0.05) is 29.1 Å².